The Kier molecular flexibility index (Phi) is 10.5. The van der Waals surface area contributed by atoms with Crippen LogP contribution in [0, 0.1) is 6.92 Å². The van der Waals surface area contributed by atoms with Gasteiger partial charge in [0.25, 0.3) is 10.0 Å². The van der Waals surface area contributed by atoms with E-state index in [4.69, 9.17) is 0 Å². The number of nitrogens with zero attached hydrogens (tertiary/aromatic N) is 2. The highest BCUT2D eigenvalue weighted by Crippen LogP contribution is 2.26. The van der Waals surface area contributed by atoms with E-state index in [0.717, 1.165) is 25.5 Å². The van der Waals surface area contributed by atoms with Crippen molar-refractivity contribution in [1.29, 1.82) is 0 Å². The van der Waals surface area contributed by atoms with Crippen molar-refractivity contribution >= 4 is 43.5 Å². The first-order valence-corrected chi connectivity index (χ1v) is 15.9. The molecule has 1 N–H and O–H groups in total. The third-order valence-corrected chi connectivity index (χ3v) is 9.05. The Morgan fingerprint density at radius 2 is 1.48 bits per heavy atom. The fraction of sp³-hybridized carbons (Fsp3) is 0.212. The molecular weight excluding hydrogens is 614 g/mol. The van der Waals surface area contributed by atoms with Gasteiger partial charge in [-0.1, -0.05) is 88.7 Å². The molecule has 218 valence electrons. The smallest absolute Gasteiger partial charge is 0.264 e. The SMILES string of the molecule is CCNC(=O)[C@H](Cc1ccccc1)N(Cc1cccc(Br)c1)C(=O)CN(c1cccc(C)c1)S(=O)(=O)c1ccccc1. The van der Waals surface area contributed by atoms with Crippen LogP contribution in [0.25, 0.3) is 0 Å². The molecule has 0 unspecified atom stereocenters. The molecule has 1 atom stereocenters. The van der Waals surface area contributed by atoms with Crippen LogP contribution in [0.4, 0.5) is 5.69 Å². The minimum absolute atomic E-state index is 0.0717. The predicted octanol–water partition coefficient (Wildman–Crippen LogP) is 5.73. The minimum atomic E-state index is -4.12. The summed E-state index contributed by atoms with van der Waals surface area (Å²) in [5.41, 5.74) is 2.90. The van der Waals surface area contributed by atoms with E-state index in [0.29, 0.717) is 12.2 Å². The molecule has 0 aromatic heterocycles. The molecule has 4 aromatic carbocycles. The first-order chi connectivity index (χ1) is 20.2. The number of aryl methyl sites for hydroxylation is 1. The van der Waals surface area contributed by atoms with Gasteiger partial charge in [-0.3, -0.25) is 13.9 Å². The van der Waals surface area contributed by atoms with Crippen molar-refractivity contribution in [3.63, 3.8) is 0 Å². The largest absolute Gasteiger partial charge is 0.355 e. The van der Waals surface area contributed by atoms with Gasteiger partial charge in [-0.05, 0) is 66.9 Å². The Balaban J connectivity index is 1.79. The fourth-order valence-electron chi connectivity index (χ4n) is 4.71. The Morgan fingerprint density at radius 3 is 2.12 bits per heavy atom. The van der Waals surface area contributed by atoms with Crippen LogP contribution in [-0.4, -0.2) is 44.3 Å². The highest BCUT2D eigenvalue weighted by molar-refractivity contribution is 9.10. The molecule has 0 aliphatic heterocycles. The quantitative estimate of drug-likeness (QED) is 0.213. The van der Waals surface area contributed by atoms with E-state index in [2.05, 4.69) is 21.2 Å². The van der Waals surface area contributed by atoms with Crippen LogP contribution >= 0.6 is 15.9 Å². The molecule has 0 spiro atoms. The zero-order valence-corrected chi connectivity index (χ0v) is 26.0. The van der Waals surface area contributed by atoms with Crippen LogP contribution < -0.4 is 9.62 Å². The van der Waals surface area contributed by atoms with Crippen molar-refractivity contribution < 1.29 is 18.0 Å². The molecule has 2 amide bonds. The highest BCUT2D eigenvalue weighted by atomic mass is 79.9. The summed E-state index contributed by atoms with van der Waals surface area (Å²) in [4.78, 5) is 29.4. The Morgan fingerprint density at radius 1 is 0.833 bits per heavy atom. The topological polar surface area (TPSA) is 86.8 Å². The summed E-state index contributed by atoms with van der Waals surface area (Å²) in [6.07, 6.45) is 0.266. The summed E-state index contributed by atoms with van der Waals surface area (Å²) in [7, 11) is -4.12. The summed E-state index contributed by atoms with van der Waals surface area (Å²) in [5, 5.41) is 2.87. The molecule has 4 aromatic rings. The second-order valence-corrected chi connectivity index (χ2v) is 12.7. The van der Waals surface area contributed by atoms with Crippen molar-refractivity contribution in [2.45, 2.75) is 37.8 Å². The number of halogens is 1. The second-order valence-electron chi connectivity index (χ2n) is 9.92. The maximum atomic E-state index is 14.3. The highest BCUT2D eigenvalue weighted by Gasteiger charge is 2.34. The van der Waals surface area contributed by atoms with Gasteiger partial charge in [0.2, 0.25) is 11.8 Å². The average molecular weight is 649 g/mol. The molecule has 0 heterocycles. The number of amides is 2. The van der Waals surface area contributed by atoms with Crippen molar-refractivity contribution in [3.8, 4) is 0 Å². The van der Waals surface area contributed by atoms with Gasteiger partial charge in [0.15, 0.2) is 0 Å². The number of hydrogen-bond acceptors (Lipinski definition) is 4. The van der Waals surface area contributed by atoms with Gasteiger partial charge in [0.05, 0.1) is 10.6 Å². The third kappa shape index (κ3) is 7.86. The van der Waals surface area contributed by atoms with Gasteiger partial charge in [0.1, 0.15) is 12.6 Å². The van der Waals surface area contributed by atoms with Gasteiger partial charge in [-0.2, -0.15) is 0 Å². The van der Waals surface area contributed by atoms with Crippen molar-refractivity contribution in [2.24, 2.45) is 0 Å². The van der Waals surface area contributed by atoms with E-state index in [9.17, 15) is 18.0 Å². The number of carbonyl (C=O) groups excluding carboxylic acids is 2. The molecule has 0 aliphatic rings. The van der Waals surface area contributed by atoms with Gasteiger partial charge in [-0.25, -0.2) is 8.42 Å². The molecular formula is C33H34BrN3O4S. The summed E-state index contributed by atoms with van der Waals surface area (Å²) >= 11 is 3.49. The van der Waals surface area contributed by atoms with Crippen LogP contribution in [0.15, 0.2) is 119 Å². The normalized spacial score (nSPS) is 11.9. The third-order valence-electron chi connectivity index (χ3n) is 6.76. The van der Waals surface area contributed by atoms with E-state index in [-0.39, 0.29) is 23.8 Å². The van der Waals surface area contributed by atoms with Crippen LogP contribution in [0.5, 0.6) is 0 Å². The monoisotopic (exact) mass is 647 g/mol. The van der Waals surface area contributed by atoms with Crippen LogP contribution in [0.1, 0.15) is 23.6 Å². The maximum absolute atomic E-state index is 14.3. The zero-order chi connectivity index (χ0) is 30.1. The van der Waals surface area contributed by atoms with Gasteiger partial charge < -0.3 is 10.2 Å². The van der Waals surface area contributed by atoms with Crippen LogP contribution in [0.2, 0.25) is 0 Å². The number of likely N-dealkylation sites (N-methyl/N-ethyl adjacent to an activating group) is 1. The Labute approximate surface area is 256 Å². The van der Waals surface area contributed by atoms with E-state index in [1.165, 1.54) is 17.0 Å². The number of benzene rings is 4. The number of carbonyl (C=O) groups is 2. The second kappa shape index (κ2) is 14.3. The Hall–Kier alpha value is -3.95. The summed E-state index contributed by atoms with van der Waals surface area (Å²) < 4.78 is 29.9. The van der Waals surface area contributed by atoms with Crippen molar-refractivity contribution in [1.82, 2.24) is 10.2 Å². The Bertz CT molecular complexity index is 1610. The number of hydrogen-bond donors (Lipinski definition) is 1. The van der Waals surface area contributed by atoms with E-state index in [1.807, 2.05) is 74.5 Å². The predicted molar refractivity (Wildman–Crippen MR) is 169 cm³/mol. The first kappa shape index (κ1) is 31.0. The molecule has 4 rings (SSSR count). The minimum Gasteiger partial charge on any atom is -0.355 e. The van der Waals surface area contributed by atoms with E-state index < -0.39 is 28.5 Å². The van der Waals surface area contributed by atoms with Crippen molar-refractivity contribution in [3.05, 3.63) is 130 Å². The molecule has 0 saturated heterocycles. The molecule has 0 bridgehead atoms. The number of sulfonamides is 1. The standard InChI is InChI=1S/C33H34BrN3O4S/c1-3-35-33(39)31(22-26-13-6-4-7-14-26)36(23-27-15-11-16-28(34)21-27)32(38)24-37(29-17-10-12-25(2)20-29)42(40,41)30-18-8-5-9-19-30/h4-21,31H,3,22-24H2,1-2H3,(H,35,39)/t31-/m0/s1. The summed E-state index contributed by atoms with van der Waals surface area (Å²) in [5.74, 6) is -0.805. The molecule has 9 heteroatoms. The molecule has 7 nitrogen and oxygen atoms in total. The average Bonchev–Trinajstić information content (AvgIpc) is 2.98. The summed E-state index contributed by atoms with van der Waals surface area (Å²) in [6, 6.07) is 31.2. The first-order valence-electron chi connectivity index (χ1n) is 13.7. The van der Waals surface area contributed by atoms with Crippen LogP contribution in [0.3, 0.4) is 0 Å². The van der Waals surface area contributed by atoms with Crippen molar-refractivity contribution in [2.75, 3.05) is 17.4 Å². The zero-order valence-electron chi connectivity index (χ0n) is 23.6. The number of rotatable bonds is 12. The van der Waals surface area contributed by atoms with E-state index >= 15 is 0 Å². The molecule has 0 saturated carbocycles. The lowest BCUT2D eigenvalue weighted by Crippen LogP contribution is -2.53. The molecule has 0 radical (unpaired) electrons. The van der Waals surface area contributed by atoms with Gasteiger partial charge in [-0.15, -0.1) is 0 Å². The molecule has 0 fully saturated rings. The van der Waals surface area contributed by atoms with Gasteiger partial charge in [0, 0.05) is 24.0 Å². The lowest BCUT2D eigenvalue weighted by Gasteiger charge is -2.34. The lowest BCUT2D eigenvalue weighted by atomic mass is 10.0. The molecule has 42 heavy (non-hydrogen) atoms. The number of anilines is 1. The number of nitrogens with one attached hydrogen (secondary N) is 1. The molecule has 0 aliphatic carbocycles. The van der Waals surface area contributed by atoms with E-state index in [1.54, 1.807) is 36.4 Å². The van der Waals surface area contributed by atoms with Gasteiger partial charge >= 0.3 is 0 Å². The summed E-state index contributed by atoms with van der Waals surface area (Å²) in [6.45, 7) is 3.70. The lowest BCUT2D eigenvalue weighted by molar-refractivity contribution is -0.140. The fourth-order valence-corrected chi connectivity index (χ4v) is 6.58. The maximum Gasteiger partial charge on any atom is 0.264 e. The van der Waals surface area contributed by atoms with Crippen LogP contribution in [-0.2, 0) is 32.6 Å².